The molecule has 3 nitrogen and oxygen atoms in total. The van der Waals surface area contributed by atoms with Crippen molar-refractivity contribution in [2.24, 2.45) is 0 Å². The van der Waals surface area contributed by atoms with E-state index in [-0.39, 0.29) is 5.78 Å². The van der Waals surface area contributed by atoms with E-state index in [4.69, 9.17) is 9.47 Å². The first-order chi connectivity index (χ1) is 9.74. The molecule has 0 saturated heterocycles. The third-order valence-corrected chi connectivity index (χ3v) is 3.12. The van der Waals surface area contributed by atoms with Crippen molar-refractivity contribution in [3.63, 3.8) is 0 Å². The van der Waals surface area contributed by atoms with Crippen LogP contribution in [0, 0.1) is 0 Å². The maximum absolute atomic E-state index is 12.8. The van der Waals surface area contributed by atoms with Crippen molar-refractivity contribution < 1.29 is 14.3 Å². The quantitative estimate of drug-likeness (QED) is 0.596. The van der Waals surface area contributed by atoms with E-state index < -0.39 is 5.79 Å². The van der Waals surface area contributed by atoms with Gasteiger partial charge in [-0.15, -0.1) is 0 Å². The average molecular weight is 270 g/mol. The van der Waals surface area contributed by atoms with Crippen LogP contribution in [0.1, 0.15) is 22.8 Å². The topological polar surface area (TPSA) is 35.5 Å². The van der Waals surface area contributed by atoms with Crippen molar-refractivity contribution in [2.45, 2.75) is 12.7 Å². The molecule has 104 valence electrons. The Kier molecular flexibility index (Phi) is 4.66. The zero-order valence-electron chi connectivity index (χ0n) is 11.7. The Bertz CT molecular complexity index is 551. The molecule has 0 aliphatic heterocycles. The Labute approximate surface area is 119 Å². The van der Waals surface area contributed by atoms with Gasteiger partial charge >= 0.3 is 0 Å². The van der Waals surface area contributed by atoms with Crippen molar-refractivity contribution in [1.82, 2.24) is 0 Å². The van der Waals surface area contributed by atoms with Crippen LogP contribution in [-0.2, 0) is 15.3 Å². The van der Waals surface area contributed by atoms with Crippen molar-refractivity contribution in [3.05, 3.63) is 71.8 Å². The highest BCUT2D eigenvalue weighted by molar-refractivity contribution is 6.02. The van der Waals surface area contributed by atoms with Gasteiger partial charge in [-0.1, -0.05) is 60.7 Å². The van der Waals surface area contributed by atoms with Gasteiger partial charge in [0.15, 0.2) is 0 Å². The standard InChI is InChI=1S/C17H18O3/c1-3-20-17(19-2,15-12-8-5-9-13-15)16(18)14-10-6-4-7-11-14/h4-13H,3H2,1-2H3. The van der Waals surface area contributed by atoms with Crippen LogP contribution in [0.2, 0.25) is 0 Å². The second kappa shape index (κ2) is 6.46. The number of hydrogen-bond donors (Lipinski definition) is 0. The van der Waals surface area contributed by atoms with E-state index in [1.165, 1.54) is 7.11 Å². The van der Waals surface area contributed by atoms with Crippen molar-refractivity contribution in [3.8, 4) is 0 Å². The molecule has 0 aliphatic carbocycles. The number of carbonyl (C=O) groups is 1. The van der Waals surface area contributed by atoms with Crippen LogP contribution < -0.4 is 0 Å². The van der Waals surface area contributed by atoms with Gasteiger partial charge in [0.2, 0.25) is 5.78 Å². The second-order valence-corrected chi connectivity index (χ2v) is 4.31. The van der Waals surface area contributed by atoms with Gasteiger partial charge < -0.3 is 9.47 Å². The number of benzene rings is 2. The summed E-state index contributed by atoms with van der Waals surface area (Å²) in [6.45, 7) is 2.22. The molecular weight excluding hydrogens is 252 g/mol. The van der Waals surface area contributed by atoms with E-state index in [1.54, 1.807) is 12.1 Å². The van der Waals surface area contributed by atoms with Crippen LogP contribution in [0.25, 0.3) is 0 Å². The van der Waals surface area contributed by atoms with Gasteiger partial charge in [0.05, 0.1) is 0 Å². The molecule has 0 fully saturated rings. The molecule has 0 amide bonds. The fourth-order valence-electron chi connectivity index (χ4n) is 2.19. The molecule has 0 saturated carbocycles. The van der Waals surface area contributed by atoms with Gasteiger partial charge in [-0.05, 0) is 6.92 Å². The number of Topliss-reactive ketones (excluding diaryl/α,β-unsaturated/α-hetero) is 1. The highest BCUT2D eigenvalue weighted by Gasteiger charge is 2.42. The van der Waals surface area contributed by atoms with E-state index in [0.29, 0.717) is 17.7 Å². The minimum atomic E-state index is -1.39. The minimum Gasteiger partial charge on any atom is -0.343 e. The molecule has 3 heteroatoms. The Morgan fingerprint density at radius 1 is 1.00 bits per heavy atom. The third-order valence-electron chi connectivity index (χ3n) is 3.12. The summed E-state index contributed by atoms with van der Waals surface area (Å²) >= 11 is 0. The molecule has 2 rings (SSSR count). The largest absolute Gasteiger partial charge is 0.343 e. The molecule has 2 aromatic rings. The lowest BCUT2D eigenvalue weighted by atomic mass is 9.96. The van der Waals surface area contributed by atoms with Crippen LogP contribution in [0.3, 0.4) is 0 Å². The summed E-state index contributed by atoms with van der Waals surface area (Å²) in [4.78, 5) is 12.8. The number of carbonyl (C=O) groups excluding carboxylic acids is 1. The summed E-state index contributed by atoms with van der Waals surface area (Å²) in [6.07, 6.45) is 0. The van der Waals surface area contributed by atoms with Gasteiger partial charge in [-0.3, -0.25) is 4.79 Å². The lowest BCUT2D eigenvalue weighted by Crippen LogP contribution is -2.41. The van der Waals surface area contributed by atoms with Gasteiger partial charge in [-0.25, -0.2) is 0 Å². The fraction of sp³-hybridized carbons (Fsp3) is 0.235. The fourth-order valence-corrected chi connectivity index (χ4v) is 2.19. The molecular formula is C17H18O3. The highest BCUT2D eigenvalue weighted by atomic mass is 16.7. The summed E-state index contributed by atoms with van der Waals surface area (Å²) < 4.78 is 11.2. The molecule has 0 aromatic heterocycles. The van der Waals surface area contributed by atoms with E-state index in [1.807, 2.05) is 55.5 Å². The maximum Gasteiger partial charge on any atom is 0.261 e. The molecule has 0 spiro atoms. The van der Waals surface area contributed by atoms with E-state index in [9.17, 15) is 4.79 Å². The van der Waals surface area contributed by atoms with Gasteiger partial charge in [0.25, 0.3) is 5.79 Å². The van der Waals surface area contributed by atoms with Crippen LogP contribution in [0.5, 0.6) is 0 Å². The monoisotopic (exact) mass is 270 g/mol. The maximum atomic E-state index is 12.8. The third kappa shape index (κ3) is 2.64. The van der Waals surface area contributed by atoms with Gasteiger partial charge in [-0.2, -0.15) is 0 Å². The molecule has 0 heterocycles. The van der Waals surface area contributed by atoms with Crippen molar-refractivity contribution in [2.75, 3.05) is 13.7 Å². The number of ether oxygens (including phenoxy) is 2. The van der Waals surface area contributed by atoms with Crippen molar-refractivity contribution >= 4 is 5.78 Å². The van der Waals surface area contributed by atoms with Crippen LogP contribution in [0.4, 0.5) is 0 Å². The van der Waals surface area contributed by atoms with Gasteiger partial charge in [0, 0.05) is 24.8 Å². The summed E-state index contributed by atoms with van der Waals surface area (Å²) in [7, 11) is 1.49. The molecule has 0 N–H and O–H groups in total. The normalized spacial score (nSPS) is 13.7. The first kappa shape index (κ1) is 14.4. The first-order valence-electron chi connectivity index (χ1n) is 6.59. The number of rotatable bonds is 6. The lowest BCUT2D eigenvalue weighted by Gasteiger charge is -2.31. The zero-order valence-corrected chi connectivity index (χ0v) is 11.7. The summed E-state index contributed by atoms with van der Waals surface area (Å²) in [5.41, 5.74) is 1.25. The molecule has 20 heavy (non-hydrogen) atoms. The highest BCUT2D eigenvalue weighted by Crippen LogP contribution is 2.30. The van der Waals surface area contributed by atoms with Crippen LogP contribution in [-0.4, -0.2) is 19.5 Å². The Morgan fingerprint density at radius 3 is 2.05 bits per heavy atom. The molecule has 0 aliphatic rings. The summed E-state index contributed by atoms with van der Waals surface area (Å²) in [5, 5.41) is 0. The molecule has 2 aromatic carbocycles. The average Bonchev–Trinajstić information content (AvgIpc) is 2.54. The molecule has 1 unspecified atom stereocenters. The number of ketones is 1. The van der Waals surface area contributed by atoms with E-state index in [2.05, 4.69) is 0 Å². The Balaban J connectivity index is 2.50. The predicted molar refractivity (Wildman–Crippen MR) is 77.5 cm³/mol. The van der Waals surface area contributed by atoms with Crippen LogP contribution in [0.15, 0.2) is 60.7 Å². The molecule has 0 radical (unpaired) electrons. The zero-order chi connectivity index (χ0) is 14.4. The SMILES string of the molecule is CCOC(OC)(C(=O)c1ccccc1)c1ccccc1. The van der Waals surface area contributed by atoms with Crippen molar-refractivity contribution in [1.29, 1.82) is 0 Å². The number of methoxy groups -OCH3 is 1. The smallest absolute Gasteiger partial charge is 0.261 e. The summed E-state index contributed by atoms with van der Waals surface area (Å²) in [6, 6.07) is 18.3. The molecule has 0 bridgehead atoms. The van der Waals surface area contributed by atoms with E-state index >= 15 is 0 Å². The minimum absolute atomic E-state index is 0.200. The summed E-state index contributed by atoms with van der Waals surface area (Å²) in [5.74, 6) is -1.59. The lowest BCUT2D eigenvalue weighted by molar-refractivity contribution is -0.191. The Morgan fingerprint density at radius 2 is 1.55 bits per heavy atom. The van der Waals surface area contributed by atoms with Crippen LogP contribution >= 0.6 is 0 Å². The Hall–Kier alpha value is -1.97. The van der Waals surface area contributed by atoms with Gasteiger partial charge in [0.1, 0.15) is 0 Å². The predicted octanol–water partition coefficient (Wildman–Crippen LogP) is 3.41. The second-order valence-electron chi connectivity index (χ2n) is 4.31. The first-order valence-corrected chi connectivity index (χ1v) is 6.59. The molecule has 1 atom stereocenters. The van der Waals surface area contributed by atoms with E-state index in [0.717, 1.165) is 0 Å². The number of hydrogen-bond acceptors (Lipinski definition) is 3.